The molecule has 0 aliphatic heterocycles. The molecule has 1 rings (SSSR count). The highest BCUT2D eigenvalue weighted by Gasteiger charge is 2.09. The minimum atomic E-state index is -0.490. The van der Waals surface area contributed by atoms with Crippen LogP contribution < -0.4 is 5.32 Å². The highest BCUT2D eigenvalue weighted by atomic mass is 16.6. The van der Waals surface area contributed by atoms with Crippen molar-refractivity contribution in [2.75, 3.05) is 5.32 Å². The van der Waals surface area contributed by atoms with Gasteiger partial charge in [0.05, 0.1) is 6.10 Å². The average Bonchev–Trinajstić information content (AvgIpc) is 2.40. The van der Waals surface area contributed by atoms with Crippen LogP contribution in [0, 0.1) is 0 Å². The largest absolute Gasteiger partial charge is 0.458 e. The van der Waals surface area contributed by atoms with Crippen molar-refractivity contribution < 1.29 is 19.1 Å². The molecule has 1 unspecified atom stereocenters. The smallest absolute Gasteiger partial charge is 0.411 e. The molecule has 5 heteroatoms. The summed E-state index contributed by atoms with van der Waals surface area (Å²) in [5, 5.41) is 2.61. The molecule has 0 spiro atoms. The zero-order chi connectivity index (χ0) is 16.4. The molecule has 0 fully saturated rings. The molecule has 0 saturated heterocycles. The summed E-state index contributed by atoms with van der Waals surface area (Å²) in [6.07, 6.45) is -0.965. The molecular weight excluding hydrogens is 270 g/mol. The molecule has 0 saturated carbocycles. The Hall–Kier alpha value is -2.04. The third kappa shape index (κ3) is 7.97. The first-order valence-electron chi connectivity index (χ1n) is 7.13. The van der Waals surface area contributed by atoms with Gasteiger partial charge in [-0.05, 0) is 38.5 Å². The van der Waals surface area contributed by atoms with E-state index in [1.54, 1.807) is 45.0 Å². The monoisotopic (exact) mass is 295 g/mol. The Morgan fingerprint density at radius 1 is 1.00 bits per heavy atom. The molecule has 1 amide bonds. The number of amides is 1. The van der Waals surface area contributed by atoms with E-state index in [1.165, 1.54) is 6.92 Å². The van der Waals surface area contributed by atoms with Crippen LogP contribution in [0.4, 0.5) is 10.5 Å². The lowest BCUT2D eigenvalue weighted by Gasteiger charge is -2.13. The molecule has 0 aromatic heterocycles. The number of carbonyl (C=O) groups is 2. The van der Waals surface area contributed by atoms with Gasteiger partial charge in [-0.1, -0.05) is 26.0 Å². The van der Waals surface area contributed by atoms with Gasteiger partial charge in [-0.2, -0.15) is 0 Å². The van der Waals surface area contributed by atoms with Crippen LogP contribution in [-0.4, -0.2) is 18.2 Å². The summed E-state index contributed by atoms with van der Waals surface area (Å²) >= 11 is 0. The fraction of sp³-hybridized carbons (Fsp3) is 0.500. The number of carbonyl (C=O) groups excluding carboxylic acids is 2. The van der Waals surface area contributed by atoms with Crippen LogP contribution in [0.5, 0.6) is 0 Å². The van der Waals surface area contributed by atoms with Crippen molar-refractivity contribution in [3.8, 4) is 0 Å². The van der Waals surface area contributed by atoms with E-state index in [0.29, 0.717) is 5.69 Å². The molecule has 1 aromatic carbocycles. The summed E-state index contributed by atoms with van der Waals surface area (Å²) in [5.74, 6) is -0.324. The first-order chi connectivity index (χ1) is 9.88. The summed E-state index contributed by atoms with van der Waals surface area (Å²) in [6, 6.07) is 7.05. The Morgan fingerprint density at radius 2 is 1.52 bits per heavy atom. The minimum Gasteiger partial charge on any atom is -0.458 e. The lowest BCUT2D eigenvalue weighted by atomic mass is 10.1. The van der Waals surface area contributed by atoms with E-state index in [-0.39, 0.29) is 18.2 Å². The lowest BCUT2D eigenvalue weighted by Crippen LogP contribution is -2.17. The molecule has 0 aliphatic carbocycles. The number of esters is 1. The summed E-state index contributed by atoms with van der Waals surface area (Å²) in [4.78, 5) is 22.2. The second-order valence-electron chi connectivity index (χ2n) is 4.45. The standard InChI is InChI=1S/C14H19NO4.C2H6/c1-9(2)18-14(17)15-13-7-5-12(6-8-13)10(3)19-11(4)16;1-2/h5-10H,1-4H3,(H,15,17);1-2H3. The molecule has 0 aliphatic rings. The Balaban J connectivity index is 0.00000191. The van der Waals surface area contributed by atoms with E-state index >= 15 is 0 Å². The first kappa shape index (κ1) is 19.0. The Kier molecular flexibility index (Phi) is 8.85. The van der Waals surface area contributed by atoms with E-state index in [4.69, 9.17) is 9.47 Å². The Morgan fingerprint density at radius 3 is 1.95 bits per heavy atom. The van der Waals surface area contributed by atoms with Crippen LogP contribution in [0.2, 0.25) is 0 Å². The van der Waals surface area contributed by atoms with Crippen molar-refractivity contribution in [3.63, 3.8) is 0 Å². The van der Waals surface area contributed by atoms with E-state index < -0.39 is 6.09 Å². The van der Waals surface area contributed by atoms with Crippen molar-refractivity contribution >= 4 is 17.7 Å². The van der Waals surface area contributed by atoms with Crippen molar-refractivity contribution in [1.82, 2.24) is 0 Å². The van der Waals surface area contributed by atoms with E-state index in [0.717, 1.165) is 5.56 Å². The van der Waals surface area contributed by atoms with Crippen LogP contribution in [-0.2, 0) is 14.3 Å². The van der Waals surface area contributed by atoms with Gasteiger partial charge in [-0.25, -0.2) is 4.79 Å². The second kappa shape index (κ2) is 9.80. The fourth-order valence-corrected chi connectivity index (χ4v) is 1.52. The molecule has 21 heavy (non-hydrogen) atoms. The van der Waals surface area contributed by atoms with Gasteiger partial charge in [0.25, 0.3) is 0 Å². The SMILES string of the molecule is CC.CC(=O)OC(C)c1ccc(NC(=O)OC(C)C)cc1. The third-order valence-corrected chi connectivity index (χ3v) is 2.31. The van der Waals surface area contributed by atoms with Gasteiger partial charge in [-0.3, -0.25) is 10.1 Å². The highest BCUT2D eigenvalue weighted by Crippen LogP contribution is 2.19. The van der Waals surface area contributed by atoms with Gasteiger partial charge < -0.3 is 9.47 Å². The molecule has 1 N–H and O–H groups in total. The topological polar surface area (TPSA) is 64.6 Å². The first-order valence-corrected chi connectivity index (χ1v) is 7.13. The average molecular weight is 295 g/mol. The Labute approximate surface area is 126 Å². The zero-order valence-electron chi connectivity index (χ0n) is 13.6. The fourth-order valence-electron chi connectivity index (χ4n) is 1.52. The highest BCUT2D eigenvalue weighted by molar-refractivity contribution is 5.84. The van der Waals surface area contributed by atoms with Gasteiger partial charge in [0.1, 0.15) is 6.10 Å². The van der Waals surface area contributed by atoms with Gasteiger partial charge >= 0.3 is 12.1 Å². The van der Waals surface area contributed by atoms with Crippen molar-refractivity contribution in [3.05, 3.63) is 29.8 Å². The van der Waals surface area contributed by atoms with Crippen LogP contribution in [0.1, 0.15) is 53.2 Å². The second-order valence-corrected chi connectivity index (χ2v) is 4.45. The molecule has 0 heterocycles. The summed E-state index contributed by atoms with van der Waals surface area (Å²) in [5.41, 5.74) is 1.49. The molecule has 5 nitrogen and oxygen atoms in total. The van der Waals surface area contributed by atoms with Crippen molar-refractivity contribution in [2.24, 2.45) is 0 Å². The van der Waals surface area contributed by atoms with Crippen molar-refractivity contribution in [2.45, 2.75) is 53.8 Å². The Bertz CT molecular complexity index is 440. The third-order valence-electron chi connectivity index (χ3n) is 2.31. The normalized spacial score (nSPS) is 11.0. The molecular formula is C16H25NO4. The summed E-state index contributed by atoms with van der Waals surface area (Å²) < 4.78 is 10.0. The molecule has 0 bridgehead atoms. The van der Waals surface area contributed by atoms with Crippen molar-refractivity contribution in [1.29, 1.82) is 0 Å². The van der Waals surface area contributed by atoms with E-state index in [1.807, 2.05) is 13.8 Å². The van der Waals surface area contributed by atoms with Gasteiger partial charge in [0.15, 0.2) is 0 Å². The van der Waals surface area contributed by atoms with Gasteiger partial charge in [0.2, 0.25) is 0 Å². The maximum Gasteiger partial charge on any atom is 0.411 e. The maximum absolute atomic E-state index is 11.4. The van der Waals surface area contributed by atoms with Crippen LogP contribution in [0.3, 0.4) is 0 Å². The minimum absolute atomic E-state index is 0.164. The van der Waals surface area contributed by atoms with Gasteiger partial charge in [-0.15, -0.1) is 0 Å². The number of nitrogens with one attached hydrogen (secondary N) is 1. The lowest BCUT2D eigenvalue weighted by molar-refractivity contribution is -0.145. The number of ether oxygens (including phenoxy) is 2. The van der Waals surface area contributed by atoms with Crippen LogP contribution in [0.15, 0.2) is 24.3 Å². The van der Waals surface area contributed by atoms with Crippen LogP contribution in [0.25, 0.3) is 0 Å². The van der Waals surface area contributed by atoms with E-state index in [9.17, 15) is 9.59 Å². The number of hydrogen-bond donors (Lipinski definition) is 1. The van der Waals surface area contributed by atoms with Crippen LogP contribution >= 0.6 is 0 Å². The number of benzene rings is 1. The number of anilines is 1. The zero-order valence-corrected chi connectivity index (χ0v) is 13.6. The predicted octanol–water partition coefficient (Wildman–Crippen LogP) is 4.29. The predicted molar refractivity (Wildman–Crippen MR) is 83.2 cm³/mol. The molecule has 1 aromatic rings. The quantitative estimate of drug-likeness (QED) is 0.841. The van der Waals surface area contributed by atoms with E-state index in [2.05, 4.69) is 5.32 Å². The molecule has 0 radical (unpaired) electrons. The number of hydrogen-bond acceptors (Lipinski definition) is 4. The molecule has 1 atom stereocenters. The summed E-state index contributed by atoms with van der Waals surface area (Å²) in [7, 11) is 0. The van der Waals surface area contributed by atoms with Gasteiger partial charge in [0, 0.05) is 12.6 Å². The maximum atomic E-state index is 11.4. The summed E-state index contributed by atoms with van der Waals surface area (Å²) in [6.45, 7) is 10.7. The number of rotatable bonds is 4. The molecule has 118 valence electrons.